The van der Waals surface area contributed by atoms with E-state index in [1.807, 2.05) is 32.7 Å². The van der Waals surface area contributed by atoms with Crippen LogP contribution < -0.4 is 5.73 Å². The maximum Gasteiger partial charge on any atom is 0.240 e. The molecule has 0 saturated heterocycles. The van der Waals surface area contributed by atoms with E-state index in [1.54, 1.807) is 0 Å². The van der Waals surface area contributed by atoms with Crippen LogP contribution >= 0.6 is 0 Å². The zero-order valence-electron chi connectivity index (χ0n) is 11.1. The highest BCUT2D eigenvalue weighted by atomic mass is 16.2. The van der Waals surface area contributed by atoms with Gasteiger partial charge in [0.05, 0.1) is 6.04 Å². The van der Waals surface area contributed by atoms with Gasteiger partial charge < -0.3 is 10.6 Å². The predicted octanol–water partition coefficient (Wildman–Crippen LogP) is 2.15. The topological polar surface area (TPSA) is 46.3 Å². The Labute approximate surface area is 99.4 Å². The molecule has 1 aliphatic rings. The van der Waals surface area contributed by atoms with E-state index in [4.69, 9.17) is 5.73 Å². The Morgan fingerprint density at radius 2 is 1.75 bits per heavy atom. The lowest BCUT2D eigenvalue weighted by atomic mass is 9.85. The van der Waals surface area contributed by atoms with Gasteiger partial charge in [-0.2, -0.15) is 0 Å². The number of amides is 1. The van der Waals surface area contributed by atoms with Crippen molar-refractivity contribution in [3.63, 3.8) is 0 Å². The van der Waals surface area contributed by atoms with Crippen LogP contribution in [0.1, 0.15) is 52.9 Å². The molecule has 94 valence electrons. The number of nitrogens with two attached hydrogens (primary N) is 1. The molecule has 1 atom stereocenters. The van der Waals surface area contributed by atoms with E-state index >= 15 is 0 Å². The summed E-state index contributed by atoms with van der Waals surface area (Å²) in [5, 5.41) is 0. The van der Waals surface area contributed by atoms with Gasteiger partial charge >= 0.3 is 0 Å². The van der Waals surface area contributed by atoms with Crippen molar-refractivity contribution in [1.82, 2.24) is 4.90 Å². The largest absolute Gasteiger partial charge is 0.341 e. The average molecular weight is 226 g/mol. The lowest BCUT2D eigenvalue weighted by Crippen LogP contribution is -2.52. The van der Waals surface area contributed by atoms with Crippen molar-refractivity contribution in [2.45, 2.75) is 65.0 Å². The van der Waals surface area contributed by atoms with E-state index < -0.39 is 0 Å². The van der Waals surface area contributed by atoms with Crippen LogP contribution in [0.4, 0.5) is 0 Å². The minimum Gasteiger partial charge on any atom is -0.341 e. The van der Waals surface area contributed by atoms with Crippen LogP contribution in [-0.2, 0) is 4.79 Å². The Kier molecular flexibility index (Phi) is 4.36. The summed E-state index contributed by atoms with van der Waals surface area (Å²) >= 11 is 0. The average Bonchev–Trinajstić information content (AvgIpc) is 2.26. The summed E-state index contributed by atoms with van der Waals surface area (Å²) in [6.45, 7) is 6.05. The first kappa shape index (κ1) is 13.5. The van der Waals surface area contributed by atoms with E-state index in [-0.39, 0.29) is 17.4 Å². The molecule has 0 aromatic carbocycles. The van der Waals surface area contributed by atoms with Crippen LogP contribution in [0, 0.1) is 5.41 Å². The number of rotatable bonds is 2. The monoisotopic (exact) mass is 226 g/mol. The van der Waals surface area contributed by atoms with E-state index in [0.29, 0.717) is 6.04 Å². The Hall–Kier alpha value is -0.570. The van der Waals surface area contributed by atoms with Crippen LogP contribution in [0.15, 0.2) is 0 Å². The summed E-state index contributed by atoms with van der Waals surface area (Å²) in [6, 6.07) is 0.0223. The minimum atomic E-state index is -0.389. The third-order valence-electron chi connectivity index (χ3n) is 3.67. The molecule has 1 rings (SSSR count). The Morgan fingerprint density at radius 3 is 2.19 bits per heavy atom. The number of likely N-dealkylation sites (N-methyl/N-ethyl adjacent to an activating group) is 1. The summed E-state index contributed by atoms with van der Waals surface area (Å²) in [6.07, 6.45) is 6.07. The van der Waals surface area contributed by atoms with Crippen LogP contribution in [0.5, 0.6) is 0 Å². The number of nitrogens with zero attached hydrogens (tertiary/aromatic N) is 1. The fraction of sp³-hybridized carbons (Fsp3) is 0.923. The molecule has 0 radical (unpaired) electrons. The van der Waals surface area contributed by atoms with Crippen molar-refractivity contribution in [1.29, 1.82) is 0 Å². The minimum absolute atomic E-state index is 0.0967. The molecule has 0 aromatic heterocycles. The zero-order valence-corrected chi connectivity index (χ0v) is 11.1. The van der Waals surface area contributed by atoms with Crippen LogP contribution in [-0.4, -0.2) is 29.9 Å². The van der Waals surface area contributed by atoms with E-state index in [1.165, 1.54) is 19.3 Å². The molecule has 0 heterocycles. The Morgan fingerprint density at radius 1 is 1.25 bits per heavy atom. The van der Waals surface area contributed by atoms with Crippen LogP contribution in [0.2, 0.25) is 0 Å². The molecule has 3 nitrogen and oxygen atoms in total. The summed E-state index contributed by atoms with van der Waals surface area (Å²) < 4.78 is 0. The summed E-state index contributed by atoms with van der Waals surface area (Å²) in [7, 11) is 1.91. The quantitative estimate of drug-likeness (QED) is 0.784. The number of carbonyl (C=O) groups is 1. The first-order valence-corrected chi connectivity index (χ1v) is 6.36. The summed E-state index contributed by atoms with van der Waals surface area (Å²) in [5.41, 5.74) is 5.86. The highest BCUT2D eigenvalue weighted by molar-refractivity contribution is 5.82. The summed E-state index contributed by atoms with van der Waals surface area (Å²) in [4.78, 5) is 14.1. The van der Waals surface area contributed by atoms with E-state index in [2.05, 4.69) is 0 Å². The standard InChI is InChI=1S/C13H26N2O/c1-13(2,3)11(14)12(16)15(4)10-8-6-5-7-9-10/h10-11H,5-9,14H2,1-4H3. The third-order valence-corrected chi connectivity index (χ3v) is 3.67. The summed E-state index contributed by atoms with van der Waals surface area (Å²) in [5.74, 6) is 0.0967. The molecule has 1 saturated carbocycles. The number of carbonyl (C=O) groups excluding carboxylic acids is 1. The van der Waals surface area contributed by atoms with E-state index in [9.17, 15) is 4.79 Å². The fourth-order valence-electron chi connectivity index (χ4n) is 2.24. The van der Waals surface area contributed by atoms with Gasteiger partial charge in [-0.05, 0) is 18.3 Å². The van der Waals surface area contributed by atoms with Crippen molar-refractivity contribution in [3.05, 3.63) is 0 Å². The van der Waals surface area contributed by atoms with Gasteiger partial charge in [-0.3, -0.25) is 4.79 Å². The number of hydrogen-bond donors (Lipinski definition) is 1. The zero-order chi connectivity index (χ0) is 12.3. The molecule has 1 aliphatic carbocycles. The molecular formula is C13H26N2O. The predicted molar refractivity (Wildman–Crippen MR) is 67.1 cm³/mol. The van der Waals surface area contributed by atoms with Crippen molar-refractivity contribution >= 4 is 5.91 Å². The second-order valence-corrected chi connectivity index (χ2v) is 6.08. The lowest BCUT2D eigenvalue weighted by molar-refractivity contribution is -0.136. The maximum atomic E-state index is 12.2. The Bertz CT molecular complexity index is 239. The van der Waals surface area contributed by atoms with Crippen molar-refractivity contribution in [2.75, 3.05) is 7.05 Å². The molecular weight excluding hydrogens is 200 g/mol. The van der Waals surface area contributed by atoms with Crippen LogP contribution in [0.3, 0.4) is 0 Å². The molecule has 0 aliphatic heterocycles. The van der Waals surface area contributed by atoms with E-state index in [0.717, 1.165) is 12.8 Å². The smallest absolute Gasteiger partial charge is 0.240 e. The second-order valence-electron chi connectivity index (χ2n) is 6.08. The molecule has 3 heteroatoms. The fourth-order valence-corrected chi connectivity index (χ4v) is 2.24. The van der Waals surface area contributed by atoms with Gasteiger partial charge in [0, 0.05) is 13.1 Å². The molecule has 0 aromatic rings. The van der Waals surface area contributed by atoms with Gasteiger partial charge in [-0.25, -0.2) is 0 Å². The van der Waals surface area contributed by atoms with Gasteiger partial charge in [0.1, 0.15) is 0 Å². The molecule has 0 bridgehead atoms. The maximum absolute atomic E-state index is 12.2. The van der Waals surface area contributed by atoms with Gasteiger partial charge in [-0.15, -0.1) is 0 Å². The van der Waals surface area contributed by atoms with Crippen LogP contribution in [0.25, 0.3) is 0 Å². The van der Waals surface area contributed by atoms with Gasteiger partial charge in [0.15, 0.2) is 0 Å². The van der Waals surface area contributed by atoms with Gasteiger partial charge in [0.2, 0.25) is 5.91 Å². The molecule has 2 N–H and O–H groups in total. The van der Waals surface area contributed by atoms with Gasteiger partial charge in [0.25, 0.3) is 0 Å². The van der Waals surface area contributed by atoms with Crippen molar-refractivity contribution < 1.29 is 4.79 Å². The molecule has 1 amide bonds. The first-order chi connectivity index (χ1) is 7.34. The second kappa shape index (κ2) is 5.17. The molecule has 1 fully saturated rings. The highest BCUT2D eigenvalue weighted by Crippen LogP contribution is 2.24. The molecule has 16 heavy (non-hydrogen) atoms. The lowest BCUT2D eigenvalue weighted by Gasteiger charge is -2.36. The van der Waals surface area contributed by atoms with Crippen molar-refractivity contribution in [3.8, 4) is 0 Å². The van der Waals surface area contributed by atoms with Gasteiger partial charge in [-0.1, -0.05) is 40.0 Å². The first-order valence-electron chi connectivity index (χ1n) is 6.36. The molecule has 1 unspecified atom stereocenters. The third kappa shape index (κ3) is 3.21. The Balaban J connectivity index is 2.58. The normalized spacial score (nSPS) is 20.6. The highest BCUT2D eigenvalue weighted by Gasteiger charge is 2.32. The van der Waals surface area contributed by atoms with Crippen molar-refractivity contribution in [2.24, 2.45) is 11.1 Å². The SMILES string of the molecule is CN(C(=O)C(N)C(C)(C)C)C1CCCCC1. The number of hydrogen-bond acceptors (Lipinski definition) is 2. The molecule has 0 spiro atoms.